The van der Waals surface area contributed by atoms with Crippen LogP contribution in [0.4, 0.5) is 4.79 Å². The number of amides is 3. The maximum Gasteiger partial charge on any atom is 0.326 e. The zero-order chi connectivity index (χ0) is 9.59. The predicted octanol–water partition coefficient (Wildman–Crippen LogP) is -0.475. The van der Waals surface area contributed by atoms with Gasteiger partial charge in [-0.2, -0.15) is 0 Å². The first kappa shape index (κ1) is 8.50. The summed E-state index contributed by atoms with van der Waals surface area (Å²) in [5, 5.41) is 0. The normalized spacial score (nSPS) is 34.0. The van der Waals surface area contributed by atoms with E-state index in [4.69, 9.17) is 4.74 Å². The highest BCUT2D eigenvalue weighted by atomic mass is 16.5. The monoisotopic (exact) mass is 184 g/mol. The quantitative estimate of drug-likeness (QED) is 0.511. The zero-order valence-corrected chi connectivity index (χ0v) is 7.69. The third-order valence-electron chi connectivity index (χ3n) is 2.78. The van der Waals surface area contributed by atoms with E-state index in [0.29, 0.717) is 13.2 Å². The molecular weight excluding hydrogens is 172 g/mol. The molecule has 0 aromatic heterocycles. The van der Waals surface area contributed by atoms with Crippen LogP contribution in [-0.4, -0.2) is 55.1 Å². The summed E-state index contributed by atoms with van der Waals surface area (Å²) in [6, 6.07) is -0.298. The molecular formula is C8H12N2O3. The topological polar surface area (TPSA) is 49.9 Å². The highest BCUT2D eigenvalue weighted by molar-refractivity contribution is 5.98. The Morgan fingerprint density at radius 1 is 1.31 bits per heavy atom. The molecule has 2 unspecified atom stereocenters. The van der Waals surface area contributed by atoms with Crippen molar-refractivity contribution in [1.29, 1.82) is 0 Å². The molecule has 3 amide bonds. The molecule has 2 heterocycles. The zero-order valence-electron chi connectivity index (χ0n) is 7.69. The largest absolute Gasteiger partial charge is 0.378 e. The van der Waals surface area contributed by atoms with Crippen LogP contribution in [-0.2, 0) is 9.53 Å². The Bertz CT molecular complexity index is 266. The molecule has 72 valence electrons. The molecule has 2 aliphatic rings. The van der Waals surface area contributed by atoms with E-state index in [0.717, 1.165) is 4.90 Å². The average molecular weight is 184 g/mol. The number of hydrogen-bond donors (Lipinski definition) is 0. The second kappa shape index (κ2) is 2.70. The predicted molar refractivity (Wildman–Crippen MR) is 44.0 cm³/mol. The summed E-state index contributed by atoms with van der Waals surface area (Å²) >= 11 is 0. The fourth-order valence-corrected chi connectivity index (χ4v) is 1.88. The lowest BCUT2D eigenvalue weighted by Gasteiger charge is -2.37. The molecule has 0 N–H and O–H groups in total. The number of nitrogens with zero attached hydrogens (tertiary/aromatic N) is 2. The first-order valence-corrected chi connectivity index (χ1v) is 4.25. The summed E-state index contributed by atoms with van der Waals surface area (Å²) in [6.07, 6.45) is 0. The Hall–Kier alpha value is -1.10. The number of rotatable bonds is 0. The van der Waals surface area contributed by atoms with Gasteiger partial charge in [-0.25, -0.2) is 4.79 Å². The lowest BCUT2D eigenvalue weighted by atomic mass is 9.99. The van der Waals surface area contributed by atoms with Crippen LogP contribution in [0.1, 0.15) is 0 Å². The second-order valence-electron chi connectivity index (χ2n) is 3.50. The van der Waals surface area contributed by atoms with Crippen LogP contribution in [0.2, 0.25) is 0 Å². The summed E-state index contributed by atoms with van der Waals surface area (Å²) < 4.78 is 5.19. The Kier molecular flexibility index (Phi) is 1.76. The number of carbonyl (C=O) groups is 2. The molecule has 0 radical (unpaired) electrons. The van der Waals surface area contributed by atoms with Crippen molar-refractivity contribution >= 4 is 11.9 Å². The highest BCUT2D eigenvalue weighted by Gasteiger charge is 2.46. The van der Waals surface area contributed by atoms with Gasteiger partial charge in [0, 0.05) is 14.1 Å². The van der Waals surface area contributed by atoms with Gasteiger partial charge in [-0.3, -0.25) is 9.69 Å². The highest BCUT2D eigenvalue weighted by Crippen LogP contribution is 2.25. The van der Waals surface area contributed by atoms with Crippen LogP contribution in [0.15, 0.2) is 0 Å². The molecule has 2 fully saturated rings. The van der Waals surface area contributed by atoms with E-state index in [2.05, 4.69) is 0 Å². The molecule has 0 aromatic rings. The lowest BCUT2D eigenvalue weighted by molar-refractivity contribution is -0.135. The van der Waals surface area contributed by atoms with Crippen molar-refractivity contribution in [3.05, 3.63) is 0 Å². The fraction of sp³-hybridized carbons (Fsp3) is 0.750. The maximum absolute atomic E-state index is 11.6. The van der Waals surface area contributed by atoms with Crippen molar-refractivity contribution in [2.75, 3.05) is 27.3 Å². The third kappa shape index (κ3) is 1.03. The van der Waals surface area contributed by atoms with Crippen molar-refractivity contribution in [1.82, 2.24) is 9.80 Å². The first-order valence-electron chi connectivity index (χ1n) is 4.25. The van der Waals surface area contributed by atoms with Gasteiger partial charge in [0.25, 0.3) is 0 Å². The van der Waals surface area contributed by atoms with Crippen LogP contribution in [0.3, 0.4) is 0 Å². The minimum absolute atomic E-state index is 0.0591. The number of carbonyl (C=O) groups excluding carboxylic acids is 2. The lowest BCUT2D eigenvalue weighted by Crippen LogP contribution is -2.58. The van der Waals surface area contributed by atoms with E-state index in [-0.39, 0.29) is 23.9 Å². The Morgan fingerprint density at radius 2 is 2.00 bits per heavy atom. The molecule has 0 saturated carbocycles. The van der Waals surface area contributed by atoms with Crippen molar-refractivity contribution in [2.45, 2.75) is 6.04 Å². The number of fused-ring (bicyclic) bond motifs is 1. The van der Waals surface area contributed by atoms with Crippen LogP contribution in [0, 0.1) is 5.92 Å². The number of likely N-dealkylation sites (N-methyl/N-ethyl adjacent to an activating group) is 1. The third-order valence-corrected chi connectivity index (χ3v) is 2.78. The van der Waals surface area contributed by atoms with Gasteiger partial charge in [-0.05, 0) is 0 Å². The van der Waals surface area contributed by atoms with E-state index in [1.54, 1.807) is 11.9 Å². The van der Waals surface area contributed by atoms with E-state index in [1.807, 2.05) is 0 Å². The van der Waals surface area contributed by atoms with E-state index < -0.39 is 0 Å². The van der Waals surface area contributed by atoms with E-state index in [9.17, 15) is 9.59 Å². The summed E-state index contributed by atoms with van der Waals surface area (Å²) in [5.74, 6) is -0.279. The van der Waals surface area contributed by atoms with Gasteiger partial charge in [0.1, 0.15) is 0 Å². The van der Waals surface area contributed by atoms with E-state index >= 15 is 0 Å². The minimum atomic E-state index is -0.239. The second-order valence-corrected chi connectivity index (χ2v) is 3.50. The Morgan fingerprint density at radius 3 is 2.69 bits per heavy atom. The Balaban J connectivity index is 2.29. The van der Waals surface area contributed by atoms with Crippen LogP contribution < -0.4 is 0 Å². The van der Waals surface area contributed by atoms with Crippen molar-refractivity contribution < 1.29 is 14.3 Å². The fourth-order valence-electron chi connectivity index (χ4n) is 1.88. The summed E-state index contributed by atoms with van der Waals surface area (Å²) in [5.41, 5.74) is 0. The molecule has 0 aromatic carbocycles. The van der Waals surface area contributed by atoms with Gasteiger partial charge in [0.05, 0.1) is 25.2 Å². The summed E-state index contributed by atoms with van der Waals surface area (Å²) in [4.78, 5) is 25.8. The number of hydrogen-bond acceptors (Lipinski definition) is 3. The molecule has 2 rings (SSSR count). The van der Waals surface area contributed by atoms with Crippen LogP contribution in [0.5, 0.6) is 0 Å². The molecule has 5 nitrogen and oxygen atoms in total. The van der Waals surface area contributed by atoms with Gasteiger partial charge >= 0.3 is 6.03 Å². The van der Waals surface area contributed by atoms with Crippen molar-refractivity contribution in [3.63, 3.8) is 0 Å². The van der Waals surface area contributed by atoms with Gasteiger partial charge in [0.2, 0.25) is 5.91 Å². The molecule has 13 heavy (non-hydrogen) atoms. The summed E-state index contributed by atoms with van der Waals surface area (Å²) in [7, 11) is 3.22. The number of ether oxygens (including phenoxy) is 1. The van der Waals surface area contributed by atoms with Gasteiger partial charge < -0.3 is 9.64 Å². The Labute approximate surface area is 76.2 Å². The van der Waals surface area contributed by atoms with Gasteiger partial charge in [-0.1, -0.05) is 0 Å². The minimum Gasteiger partial charge on any atom is -0.378 e. The molecule has 0 bridgehead atoms. The SMILES string of the molecule is CN1C(=O)C2COCC2N(C)C1=O. The number of urea groups is 1. The van der Waals surface area contributed by atoms with E-state index in [1.165, 1.54) is 7.05 Å². The maximum atomic E-state index is 11.6. The number of imide groups is 1. The first-order chi connectivity index (χ1) is 6.13. The van der Waals surface area contributed by atoms with Crippen molar-refractivity contribution in [2.24, 2.45) is 5.92 Å². The molecule has 5 heteroatoms. The van der Waals surface area contributed by atoms with Gasteiger partial charge in [-0.15, -0.1) is 0 Å². The van der Waals surface area contributed by atoms with Gasteiger partial charge in [0.15, 0.2) is 0 Å². The smallest absolute Gasteiger partial charge is 0.326 e. The van der Waals surface area contributed by atoms with Crippen molar-refractivity contribution in [3.8, 4) is 0 Å². The van der Waals surface area contributed by atoms with Crippen LogP contribution in [0.25, 0.3) is 0 Å². The molecule has 0 aliphatic carbocycles. The van der Waals surface area contributed by atoms with Crippen LogP contribution >= 0.6 is 0 Å². The molecule has 2 saturated heterocycles. The summed E-state index contributed by atoms with van der Waals surface area (Å²) in [6.45, 7) is 0.915. The average Bonchev–Trinajstić information content (AvgIpc) is 2.59. The molecule has 0 spiro atoms. The molecule has 2 atom stereocenters. The molecule has 2 aliphatic heterocycles. The standard InChI is InChI=1S/C8H12N2O3/c1-9-6-4-13-3-5(6)7(11)10(2)8(9)12/h5-6H,3-4H2,1-2H3.